The van der Waals surface area contributed by atoms with E-state index in [1.54, 1.807) is 11.8 Å². The minimum atomic E-state index is -1.33. The van der Waals surface area contributed by atoms with Crippen LogP contribution in [0.5, 0.6) is 0 Å². The van der Waals surface area contributed by atoms with Gasteiger partial charge >= 0.3 is 5.97 Å². The Bertz CT molecular complexity index is 1340. The van der Waals surface area contributed by atoms with Crippen LogP contribution in [0.4, 0.5) is 5.69 Å². The number of benzene rings is 2. The van der Waals surface area contributed by atoms with Crippen molar-refractivity contribution in [3.63, 3.8) is 0 Å². The third-order valence-corrected chi connectivity index (χ3v) is 8.12. The molecular weight excluding hydrogens is 472 g/mol. The number of aliphatic hydroxyl groups excluding tert-OH is 1. The first-order valence-electron chi connectivity index (χ1n) is 12.8. The second kappa shape index (κ2) is 8.82. The van der Waals surface area contributed by atoms with Crippen LogP contribution in [-0.4, -0.2) is 71.3 Å². The van der Waals surface area contributed by atoms with Crippen molar-refractivity contribution in [1.82, 2.24) is 4.90 Å². The highest BCUT2D eigenvalue weighted by molar-refractivity contribution is 6.06. The average molecular weight is 503 g/mol. The average Bonchev–Trinajstić information content (AvgIpc) is 3.20. The molecule has 4 aliphatic rings. The van der Waals surface area contributed by atoms with E-state index in [4.69, 9.17) is 9.47 Å². The Kier molecular flexibility index (Phi) is 5.69. The van der Waals surface area contributed by atoms with Gasteiger partial charge in [0.05, 0.1) is 18.1 Å². The number of anilines is 1. The Hall–Kier alpha value is -3.49. The summed E-state index contributed by atoms with van der Waals surface area (Å²) in [5, 5.41) is 11.6. The first-order chi connectivity index (χ1) is 17.9. The second-order valence-electron chi connectivity index (χ2n) is 10.3. The molecule has 2 aromatic rings. The van der Waals surface area contributed by atoms with Crippen molar-refractivity contribution in [1.29, 1.82) is 0 Å². The van der Waals surface area contributed by atoms with Crippen molar-refractivity contribution in [2.75, 3.05) is 31.2 Å². The highest BCUT2D eigenvalue weighted by Gasteiger charge is 2.74. The van der Waals surface area contributed by atoms with Crippen molar-refractivity contribution in [2.45, 2.75) is 37.0 Å². The van der Waals surface area contributed by atoms with Crippen LogP contribution in [0.2, 0.25) is 0 Å². The quantitative estimate of drug-likeness (QED) is 0.510. The van der Waals surface area contributed by atoms with Gasteiger partial charge in [0.2, 0.25) is 5.91 Å². The van der Waals surface area contributed by atoms with Crippen molar-refractivity contribution in [3.05, 3.63) is 66.8 Å². The van der Waals surface area contributed by atoms with Crippen LogP contribution in [0.15, 0.2) is 66.8 Å². The molecule has 0 saturated carbocycles. The molecule has 192 valence electrons. The topological polar surface area (TPSA) is 96.4 Å². The van der Waals surface area contributed by atoms with Crippen LogP contribution >= 0.6 is 0 Å². The minimum absolute atomic E-state index is 0.126. The molecule has 8 heteroatoms. The van der Waals surface area contributed by atoms with Gasteiger partial charge in [-0.05, 0) is 42.7 Å². The molecular formula is C29H30N2O6. The van der Waals surface area contributed by atoms with Crippen LogP contribution in [-0.2, 0) is 23.9 Å². The highest BCUT2D eigenvalue weighted by Crippen LogP contribution is 2.57. The van der Waals surface area contributed by atoms with Crippen molar-refractivity contribution in [3.8, 4) is 0 Å². The Labute approximate surface area is 215 Å². The third-order valence-electron chi connectivity index (χ3n) is 8.12. The molecule has 0 radical (unpaired) electrons. The van der Waals surface area contributed by atoms with Crippen molar-refractivity contribution in [2.24, 2.45) is 11.8 Å². The maximum atomic E-state index is 14.4. The summed E-state index contributed by atoms with van der Waals surface area (Å²) in [6, 6.07) is 12.8. The molecule has 4 aliphatic heterocycles. The zero-order chi connectivity index (χ0) is 25.8. The van der Waals surface area contributed by atoms with E-state index in [-0.39, 0.29) is 31.6 Å². The number of ether oxygens (including phenoxy) is 2. The number of aliphatic hydroxyl groups is 1. The molecule has 1 unspecified atom stereocenters. The van der Waals surface area contributed by atoms with Gasteiger partial charge < -0.3 is 24.4 Å². The first-order valence-corrected chi connectivity index (χ1v) is 12.8. The normalized spacial score (nSPS) is 33.0. The number of fused-ring (bicyclic) bond motifs is 3. The summed E-state index contributed by atoms with van der Waals surface area (Å²) in [4.78, 5) is 44.8. The maximum Gasteiger partial charge on any atom is 0.313 e. The number of hydrogen-bond donors (Lipinski definition) is 1. The molecule has 2 fully saturated rings. The van der Waals surface area contributed by atoms with Crippen LogP contribution in [0, 0.1) is 11.8 Å². The SMILES string of the molecule is C[C@@]12C=CCCOC(=O)[C@@H]1[C@H]1C(=O)N(CCCO)C3C(=O)N(c4ccc5ccccc5c4)CC=C[C@@]31O2. The lowest BCUT2D eigenvalue weighted by atomic mass is 9.74. The van der Waals surface area contributed by atoms with E-state index in [1.807, 2.05) is 66.8 Å². The number of amides is 2. The number of esters is 1. The van der Waals surface area contributed by atoms with Gasteiger partial charge in [-0.25, -0.2) is 0 Å². The highest BCUT2D eigenvalue weighted by atomic mass is 16.6. The number of hydrogen-bond acceptors (Lipinski definition) is 6. The van der Waals surface area contributed by atoms with Crippen LogP contribution in [0.1, 0.15) is 19.8 Å². The summed E-state index contributed by atoms with van der Waals surface area (Å²) < 4.78 is 12.2. The summed E-state index contributed by atoms with van der Waals surface area (Å²) in [7, 11) is 0. The van der Waals surface area contributed by atoms with Gasteiger partial charge in [-0.15, -0.1) is 0 Å². The van der Waals surface area contributed by atoms with E-state index in [0.29, 0.717) is 19.4 Å². The minimum Gasteiger partial charge on any atom is -0.465 e. The molecule has 1 N–H and O–H groups in total. The van der Waals surface area contributed by atoms with Gasteiger partial charge in [-0.1, -0.05) is 54.6 Å². The van der Waals surface area contributed by atoms with Gasteiger partial charge in [-0.3, -0.25) is 14.4 Å². The number of rotatable bonds is 4. The van der Waals surface area contributed by atoms with Crippen LogP contribution in [0.3, 0.4) is 0 Å². The van der Waals surface area contributed by atoms with Crippen LogP contribution < -0.4 is 4.90 Å². The summed E-state index contributed by atoms with van der Waals surface area (Å²) in [6.45, 7) is 2.38. The molecule has 0 aliphatic carbocycles. The number of carbonyl (C=O) groups is 3. The Balaban J connectivity index is 1.47. The van der Waals surface area contributed by atoms with Crippen LogP contribution in [0.25, 0.3) is 10.8 Å². The van der Waals surface area contributed by atoms with E-state index in [1.165, 1.54) is 4.90 Å². The molecule has 37 heavy (non-hydrogen) atoms. The molecule has 2 saturated heterocycles. The molecule has 4 heterocycles. The van der Waals surface area contributed by atoms with E-state index in [2.05, 4.69) is 0 Å². The molecule has 0 aromatic heterocycles. The second-order valence-corrected chi connectivity index (χ2v) is 10.3. The molecule has 5 atom stereocenters. The number of cyclic esters (lactones) is 1. The van der Waals surface area contributed by atoms with Gasteiger partial charge in [0, 0.05) is 25.4 Å². The number of carbonyl (C=O) groups excluding carboxylic acids is 3. The van der Waals surface area contributed by atoms with E-state index >= 15 is 0 Å². The number of likely N-dealkylation sites (tertiary alicyclic amines) is 1. The lowest BCUT2D eigenvalue weighted by Gasteiger charge is -2.37. The first kappa shape index (κ1) is 23.9. The predicted octanol–water partition coefficient (Wildman–Crippen LogP) is 2.60. The lowest BCUT2D eigenvalue weighted by Crippen LogP contribution is -2.56. The summed E-state index contributed by atoms with van der Waals surface area (Å²) in [6.07, 6.45) is 8.29. The largest absolute Gasteiger partial charge is 0.465 e. The smallest absolute Gasteiger partial charge is 0.313 e. The van der Waals surface area contributed by atoms with Gasteiger partial charge in [0.15, 0.2) is 0 Å². The van der Waals surface area contributed by atoms with Gasteiger partial charge in [0.1, 0.15) is 17.6 Å². The van der Waals surface area contributed by atoms with Crippen molar-refractivity contribution >= 4 is 34.2 Å². The molecule has 0 bridgehead atoms. The standard InChI is InChI=1S/C29H30N2O6/c1-28-12-4-5-17-36-27(35)23(28)22-25(33)31(15-7-16-32)24-26(34)30(14-6-13-29(22,24)37-28)21-11-10-19-8-2-3-9-20(19)18-21/h2-4,6,8-13,18,22-24,32H,5,7,14-17H2,1H3/t22-,23-,24?,28+,29-/m0/s1. The summed E-state index contributed by atoms with van der Waals surface area (Å²) in [5.74, 6) is -2.88. The van der Waals surface area contributed by atoms with Gasteiger partial charge in [-0.2, -0.15) is 0 Å². The molecule has 6 rings (SSSR count). The lowest BCUT2D eigenvalue weighted by molar-refractivity contribution is -0.159. The zero-order valence-electron chi connectivity index (χ0n) is 20.7. The summed E-state index contributed by atoms with van der Waals surface area (Å²) >= 11 is 0. The Morgan fingerprint density at radius 2 is 1.81 bits per heavy atom. The van der Waals surface area contributed by atoms with E-state index in [0.717, 1.165) is 16.5 Å². The predicted molar refractivity (Wildman–Crippen MR) is 137 cm³/mol. The number of nitrogens with zero attached hydrogens (tertiary/aromatic N) is 2. The zero-order valence-corrected chi connectivity index (χ0v) is 20.7. The molecule has 1 spiro atoms. The molecule has 8 nitrogen and oxygen atoms in total. The molecule has 2 amide bonds. The third kappa shape index (κ3) is 3.54. The van der Waals surface area contributed by atoms with Crippen molar-refractivity contribution < 1.29 is 29.0 Å². The van der Waals surface area contributed by atoms with Gasteiger partial charge in [0.25, 0.3) is 5.91 Å². The molecule has 2 aromatic carbocycles. The fourth-order valence-corrected chi connectivity index (χ4v) is 6.55. The Morgan fingerprint density at radius 3 is 2.62 bits per heavy atom. The van der Waals surface area contributed by atoms with E-state index < -0.39 is 35.0 Å². The Morgan fingerprint density at radius 1 is 1.00 bits per heavy atom. The maximum absolute atomic E-state index is 14.4. The van der Waals surface area contributed by atoms with E-state index in [9.17, 15) is 19.5 Å². The monoisotopic (exact) mass is 502 g/mol. The fraction of sp³-hybridized carbons (Fsp3) is 0.414. The summed E-state index contributed by atoms with van der Waals surface area (Å²) in [5.41, 5.74) is -1.71. The fourth-order valence-electron chi connectivity index (χ4n) is 6.55.